The molecule has 0 bridgehead atoms. The Bertz CT molecular complexity index is 4010. The predicted octanol–water partition coefficient (Wildman–Crippen LogP) is 16.2. The van der Waals surface area contributed by atoms with Gasteiger partial charge in [0.15, 0.2) is 0 Å². The van der Waals surface area contributed by atoms with Crippen molar-refractivity contribution in [2.45, 2.75) is 0 Å². The van der Waals surface area contributed by atoms with Gasteiger partial charge in [0.25, 0.3) is 0 Å². The summed E-state index contributed by atoms with van der Waals surface area (Å²) >= 11 is 0. The molecule has 0 fully saturated rings. The van der Waals surface area contributed by atoms with E-state index in [2.05, 4.69) is 95.6 Å². The van der Waals surface area contributed by atoms with Crippen LogP contribution in [0.5, 0.6) is 0 Å². The highest BCUT2D eigenvalue weighted by molar-refractivity contribution is 6.15. The number of rotatable bonds is 7. The van der Waals surface area contributed by atoms with Crippen molar-refractivity contribution in [2.24, 2.45) is 0 Å². The molecule has 10 aromatic carbocycles. The van der Waals surface area contributed by atoms with Crippen LogP contribution in [0.3, 0.4) is 0 Å². The predicted molar refractivity (Wildman–Crippen MR) is 262 cm³/mol. The lowest BCUT2D eigenvalue weighted by atomic mass is 9.99. The monoisotopic (exact) mass is 795 g/mol. The molecule has 0 spiro atoms. The van der Waals surface area contributed by atoms with Gasteiger partial charge in [-0.1, -0.05) is 182 Å². The Hall–Kier alpha value is -8.20. The minimum Gasteiger partial charge on any atom is -0.309 e. The van der Waals surface area contributed by atoms with Crippen molar-refractivity contribution in [3.8, 4) is 67.0 Å². The van der Waals surface area contributed by atoms with Gasteiger partial charge >= 0.3 is 0 Å². The summed E-state index contributed by atoms with van der Waals surface area (Å²) in [5.41, 5.74) is 12.9. The summed E-state index contributed by atoms with van der Waals surface area (Å²) in [6.07, 6.45) is 0. The van der Waals surface area contributed by atoms with Gasteiger partial charge in [0, 0.05) is 38.5 Å². The SMILES string of the molecule is [2H]c1c([2H])c([2H])c2c(c1[2H])c1c([2H])c(-c3ccc4c(c3)c3cccc(-c5ccccc5)c3n4-c3cccc(-c4ccccc4)c3)c([2H])c([2H])c1n2-c1ccc(-c2cccc(-c3ccccc3)c2)cc1. The highest BCUT2D eigenvalue weighted by Gasteiger charge is 2.19. The summed E-state index contributed by atoms with van der Waals surface area (Å²) in [6.45, 7) is 0. The minimum absolute atomic E-state index is 0.0854. The van der Waals surface area contributed by atoms with E-state index in [0.29, 0.717) is 11.3 Å². The molecule has 0 unspecified atom stereocenters. The fourth-order valence-corrected chi connectivity index (χ4v) is 9.03. The fourth-order valence-electron chi connectivity index (χ4n) is 9.03. The quantitative estimate of drug-likeness (QED) is 0.152. The van der Waals surface area contributed by atoms with Crippen molar-refractivity contribution >= 4 is 43.6 Å². The normalized spacial score (nSPS) is 13.1. The standard InChI is InChI=1S/C60H40N2/c1-4-15-41(16-5-1)45-21-12-22-46(37-45)43-29-33-50(34-30-43)61-57-28-11-10-25-53(57)55-39-48(31-35-58(55)61)49-32-36-59-56(40-49)54-27-14-26-52(44-19-8-3-9-20-44)60(54)62(59)51-24-13-23-47(38-51)42-17-6-2-7-18-42/h1-40H/i10D,11D,25D,28D,31D,35D,39D. The van der Waals surface area contributed by atoms with Gasteiger partial charge in [0.05, 0.1) is 31.7 Å². The van der Waals surface area contributed by atoms with Crippen LogP contribution in [-0.4, -0.2) is 9.13 Å². The third-order valence-electron chi connectivity index (χ3n) is 12.0. The topological polar surface area (TPSA) is 9.86 Å². The molecule has 12 aromatic rings. The molecule has 0 amide bonds. The van der Waals surface area contributed by atoms with Crippen LogP contribution in [0.1, 0.15) is 9.60 Å². The Morgan fingerprint density at radius 3 is 1.58 bits per heavy atom. The Kier molecular flexibility index (Phi) is 6.95. The van der Waals surface area contributed by atoms with Crippen LogP contribution in [0.2, 0.25) is 0 Å². The van der Waals surface area contributed by atoms with Crippen molar-refractivity contribution in [2.75, 3.05) is 0 Å². The molecule has 2 aromatic heterocycles. The third-order valence-corrected chi connectivity index (χ3v) is 12.0. The van der Waals surface area contributed by atoms with Gasteiger partial charge in [-0.3, -0.25) is 0 Å². The van der Waals surface area contributed by atoms with Crippen molar-refractivity contribution in [3.63, 3.8) is 0 Å². The van der Waals surface area contributed by atoms with E-state index in [0.717, 1.165) is 72.0 Å². The summed E-state index contributed by atoms with van der Waals surface area (Å²) in [5, 5.41) is 2.21. The van der Waals surface area contributed by atoms with E-state index in [1.807, 2.05) is 109 Å². The number of para-hydroxylation sites is 2. The van der Waals surface area contributed by atoms with Gasteiger partial charge in [0.2, 0.25) is 0 Å². The molecule has 0 N–H and O–H groups in total. The first-order valence-corrected chi connectivity index (χ1v) is 20.8. The first-order chi connectivity index (χ1) is 33.7. The fraction of sp³-hybridized carbons (Fsp3) is 0. The van der Waals surface area contributed by atoms with Crippen LogP contribution >= 0.6 is 0 Å². The lowest BCUT2D eigenvalue weighted by Gasteiger charge is -2.13. The maximum atomic E-state index is 9.99. The first-order valence-electron chi connectivity index (χ1n) is 24.3. The summed E-state index contributed by atoms with van der Waals surface area (Å²) in [5.74, 6) is 0. The van der Waals surface area contributed by atoms with Gasteiger partial charge in [0.1, 0.15) is 0 Å². The molecular formula is C60H40N2. The minimum atomic E-state index is -0.428. The number of fused-ring (bicyclic) bond motifs is 6. The molecule has 290 valence electrons. The van der Waals surface area contributed by atoms with Gasteiger partial charge in [-0.15, -0.1) is 0 Å². The Morgan fingerprint density at radius 2 is 0.855 bits per heavy atom. The zero-order chi connectivity index (χ0) is 47.1. The molecule has 2 heterocycles. The molecule has 0 aliphatic heterocycles. The summed E-state index contributed by atoms with van der Waals surface area (Å²) < 4.78 is 69.4. The molecule has 12 rings (SSSR count). The second kappa shape index (κ2) is 14.8. The van der Waals surface area contributed by atoms with E-state index in [9.17, 15) is 6.85 Å². The van der Waals surface area contributed by atoms with Crippen LogP contribution in [0.15, 0.2) is 242 Å². The number of benzene rings is 10. The van der Waals surface area contributed by atoms with Gasteiger partial charge < -0.3 is 9.13 Å². The lowest BCUT2D eigenvalue weighted by molar-refractivity contribution is 1.18. The largest absolute Gasteiger partial charge is 0.309 e. The average molecular weight is 796 g/mol. The number of hydrogen-bond acceptors (Lipinski definition) is 0. The second-order valence-corrected chi connectivity index (χ2v) is 15.6. The van der Waals surface area contributed by atoms with Crippen LogP contribution in [0.25, 0.3) is 111 Å². The average Bonchev–Trinajstić information content (AvgIpc) is 3.94. The first kappa shape index (κ1) is 29.1. The molecular weight excluding hydrogens is 749 g/mol. The molecule has 0 atom stereocenters. The molecule has 62 heavy (non-hydrogen) atoms. The van der Waals surface area contributed by atoms with E-state index in [4.69, 9.17) is 2.74 Å². The van der Waals surface area contributed by atoms with E-state index >= 15 is 0 Å². The van der Waals surface area contributed by atoms with Crippen LogP contribution in [0.4, 0.5) is 0 Å². The van der Waals surface area contributed by atoms with Crippen LogP contribution < -0.4 is 0 Å². The van der Waals surface area contributed by atoms with Crippen LogP contribution in [0, 0.1) is 0 Å². The summed E-state index contributed by atoms with van der Waals surface area (Å²) in [7, 11) is 0. The summed E-state index contributed by atoms with van der Waals surface area (Å²) in [6, 6.07) is 65.5. The van der Waals surface area contributed by atoms with Crippen molar-refractivity contribution in [1.29, 1.82) is 0 Å². The number of hydrogen-bond donors (Lipinski definition) is 0. The highest BCUT2D eigenvalue weighted by atomic mass is 15.0. The van der Waals surface area contributed by atoms with Crippen molar-refractivity contribution < 1.29 is 9.60 Å². The number of aromatic nitrogens is 2. The van der Waals surface area contributed by atoms with Crippen LogP contribution in [-0.2, 0) is 0 Å². The zero-order valence-corrected chi connectivity index (χ0v) is 33.4. The van der Waals surface area contributed by atoms with Gasteiger partial charge in [-0.05, 0) is 111 Å². The van der Waals surface area contributed by atoms with E-state index < -0.39 is 12.1 Å². The molecule has 2 nitrogen and oxygen atoms in total. The molecule has 0 radical (unpaired) electrons. The van der Waals surface area contributed by atoms with E-state index in [1.54, 1.807) is 4.57 Å². The molecule has 0 aliphatic rings. The van der Waals surface area contributed by atoms with Gasteiger partial charge in [-0.2, -0.15) is 0 Å². The number of nitrogens with zero attached hydrogens (tertiary/aromatic N) is 2. The molecule has 0 saturated carbocycles. The van der Waals surface area contributed by atoms with Crippen molar-refractivity contribution in [3.05, 3.63) is 242 Å². The molecule has 0 aliphatic carbocycles. The van der Waals surface area contributed by atoms with E-state index in [1.165, 1.54) is 0 Å². The zero-order valence-electron chi connectivity index (χ0n) is 40.4. The Labute approximate surface area is 370 Å². The van der Waals surface area contributed by atoms with E-state index in [-0.39, 0.29) is 57.6 Å². The molecule has 0 saturated heterocycles. The molecule has 2 heteroatoms. The second-order valence-electron chi connectivity index (χ2n) is 15.6. The lowest BCUT2D eigenvalue weighted by Crippen LogP contribution is -1.96. The van der Waals surface area contributed by atoms with Crippen molar-refractivity contribution in [1.82, 2.24) is 9.13 Å². The Morgan fingerprint density at radius 1 is 0.290 bits per heavy atom. The maximum Gasteiger partial charge on any atom is 0.0645 e. The Balaban J connectivity index is 1.07. The highest BCUT2D eigenvalue weighted by Crippen LogP contribution is 2.42. The van der Waals surface area contributed by atoms with Gasteiger partial charge in [-0.25, -0.2) is 0 Å². The maximum absolute atomic E-state index is 9.99. The summed E-state index contributed by atoms with van der Waals surface area (Å²) in [4.78, 5) is 0. The third kappa shape index (κ3) is 6.04. The smallest absolute Gasteiger partial charge is 0.0645 e.